The van der Waals surface area contributed by atoms with E-state index in [-0.39, 0.29) is 22.8 Å². The van der Waals surface area contributed by atoms with Gasteiger partial charge in [0.1, 0.15) is 6.04 Å². The normalized spacial score (nSPS) is 11.5. The minimum absolute atomic E-state index is 0.105. The van der Waals surface area contributed by atoms with Gasteiger partial charge < -0.3 is 10.6 Å². The predicted octanol–water partition coefficient (Wildman–Crippen LogP) is 3.38. The summed E-state index contributed by atoms with van der Waals surface area (Å²) in [5.74, 6) is -0.771. The van der Waals surface area contributed by atoms with Crippen molar-refractivity contribution in [2.75, 3.05) is 5.32 Å². The third-order valence-corrected chi connectivity index (χ3v) is 4.91. The zero-order valence-electron chi connectivity index (χ0n) is 17.4. The van der Waals surface area contributed by atoms with Gasteiger partial charge in [-0.2, -0.15) is 0 Å². The molecule has 0 fully saturated rings. The Morgan fingerprint density at radius 3 is 2.21 bits per heavy atom. The van der Waals surface area contributed by atoms with Crippen molar-refractivity contribution in [1.29, 1.82) is 0 Å². The molecule has 0 bridgehead atoms. The maximum atomic E-state index is 12.6. The molecule has 0 saturated heterocycles. The number of hydrogen-bond donors (Lipinski definition) is 4. The van der Waals surface area contributed by atoms with E-state index < -0.39 is 6.04 Å². The number of nitrogens with one attached hydrogen (secondary N) is 4. The first kappa shape index (κ1) is 22.4. The van der Waals surface area contributed by atoms with E-state index in [1.165, 1.54) is 0 Å². The molecule has 2 amide bonds. The van der Waals surface area contributed by atoms with Gasteiger partial charge in [0, 0.05) is 11.3 Å². The summed E-state index contributed by atoms with van der Waals surface area (Å²) in [6.45, 7) is 9.70. The zero-order valence-corrected chi connectivity index (χ0v) is 18.2. The van der Waals surface area contributed by atoms with Crippen molar-refractivity contribution in [3.8, 4) is 0 Å². The maximum Gasteiger partial charge on any atom is 0.261 e. The van der Waals surface area contributed by atoms with Crippen LogP contribution in [0.5, 0.6) is 0 Å². The number of benzene rings is 2. The summed E-state index contributed by atoms with van der Waals surface area (Å²) in [4.78, 5) is 25.1. The Morgan fingerprint density at radius 2 is 1.59 bits per heavy atom. The summed E-state index contributed by atoms with van der Waals surface area (Å²) < 4.78 is 0. The van der Waals surface area contributed by atoms with Crippen LogP contribution in [0.2, 0.25) is 0 Å². The van der Waals surface area contributed by atoms with Crippen molar-refractivity contribution in [1.82, 2.24) is 16.2 Å². The van der Waals surface area contributed by atoms with Crippen molar-refractivity contribution in [2.45, 2.75) is 40.7 Å². The molecule has 1 unspecified atom stereocenters. The van der Waals surface area contributed by atoms with Crippen LogP contribution in [0, 0.1) is 26.7 Å². The van der Waals surface area contributed by atoms with Crippen molar-refractivity contribution in [2.24, 2.45) is 5.92 Å². The first-order valence-corrected chi connectivity index (χ1v) is 9.90. The molecule has 0 radical (unpaired) electrons. The van der Waals surface area contributed by atoms with Crippen LogP contribution in [0.3, 0.4) is 0 Å². The summed E-state index contributed by atoms with van der Waals surface area (Å²) in [5, 5.41) is 6.12. The third-order valence-electron chi connectivity index (χ3n) is 4.70. The highest BCUT2D eigenvalue weighted by molar-refractivity contribution is 7.80. The number of carbonyl (C=O) groups excluding carboxylic acids is 2. The van der Waals surface area contributed by atoms with Crippen LogP contribution < -0.4 is 21.5 Å². The molecule has 29 heavy (non-hydrogen) atoms. The molecule has 0 aliphatic carbocycles. The minimum atomic E-state index is -0.709. The molecule has 2 rings (SSSR count). The summed E-state index contributed by atoms with van der Waals surface area (Å²) in [6.07, 6.45) is 0. The van der Waals surface area contributed by atoms with Crippen molar-refractivity contribution in [3.05, 3.63) is 64.7 Å². The average Bonchev–Trinajstić information content (AvgIpc) is 2.68. The topological polar surface area (TPSA) is 82.3 Å². The molecule has 6 nitrogen and oxygen atoms in total. The number of hydrogen-bond acceptors (Lipinski definition) is 3. The number of amides is 2. The molecule has 154 valence electrons. The predicted molar refractivity (Wildman–Crippen MR) is 121 cm³/mol. The fourth-order valence-corrected chi connectivity index (χ4v) is 2.86. The fourth-order valence-electron chi connectivity index (χ4n) is 2.70. The van der Waals surface area contributed by atoms with Crippen molar-refractivity contribution < 1.29 is 9.59 Å². The van der Waals surface area contributed by atoms with Gasteiger partial charge >= 0.3 is 0 Å². The van der Waals surface area contributed by atoms with E-state index in [1.54, 1.807) is 12.1 Å². The number of anilines is 1. The summed E-state index contributed by atoms with van der Waals surface area (Å²) in [7, 11) is 0. The Bertz CT molecular complexity index is 894. The Kier molecular flexibility index (Phi) is 7.73. The van der Waals surface area contributed by atoms with E-state index in [0.29, 0.717) is 5.56 Å². The van der Waals surface area contributed by atoms with Gasteiger partial charge in [0.05, 0.1) is 0 Å². The molecule has 4 N–H and O–H groups in total. The molecule has 0 spiro atoms. The number of aryl methyl sites for hydroxylation is 2. The minimum Gasteiger partial charge on any atom is -0.340 e. The van der Waals surface area contributed by atoms with E-state index in [2.05, 4.69) is 21.5 Å². The van der Waals surface area contributed by atoms with Crippen LogP contribution in [0.1, 0.15) is 40.9 Å². The van der Waals surface area contributed by atoms with Gasteiger partial charge in [-0.05, 0) is 68.2 Å². The SMILES string of the molecule is Cc1ccc(C(=O)NC(C(=O)NNC(=S)Nc2cccc(C)c2C)C(C)C)cc1. The lowest BCUT2D eigenvalue weighted by Gasteiger charge is -2.22. The monoisotopic (exact) mass is 412 g/mol. The zero-order chi connectivity index (χ0) is 21.6. The highest BCUT2D eigenvalue weighted by Crippen LogP contribution is 2.17. The van der Waals surface area contributed by atoms with Gasteiger partial charge in [-0.3, -0.25) is 20.4 Å². The molecular weight excluding hydrogens is 384 g/mol. The lowest BCUT2D eigenvalue weighted by atomic mass is 10.0. The number of thiocarbonyl (C=S) groups is 1. The highest BCUT2D eigenvalue weighted by Gasteiger charge is 2.24. The quantitative estimate of drug-likeness (QED) is 0.447. The smallest absolute Gasteiger partial charge is 0.261 e. The number of carbonyl (C=O) groups is 2. The first-order valence-electron chi connectivity index (χ1n) is 9.49. The summed E-state index contributed by atoms with van der Waals surface area (Å²) in [5.41, 5.74) is 9.93. The molecular formula is C22H28N4O2S. The Balaban J connectivity index is 1.95. The molecule has 0 aliphatic rings. The van der Waals surface area contributed by atoms with E-state index in [0.717, 1.165) is 22.4 Å². The molecule has 0 heterocycles. The van der Waals surface area contributed by atoms with Crippen LogP contribution in [0.25, 0.3) is 0 Å². The number of hydrazine groups is 1. The second-order valence-corrected chi connectivity index (χ2v) is 7.79. The van der Waals surface area contributed by atoms with E-state index in [4.69, 9.17) is 12.2 Å². The van der Waals surface area contributed by atoms with Crippen LogP contribution in [0.4, 0.5) is 5.69 Å². The van der Waals surface area contributed by atoms with Gasteiger partial charge in [0.25, 0.3) is 11.8 Å². The third kappa shape index (κ3) is 6.29. The van der Waals surface area contributed by atoms with E-state index in [1.807, 2.05) is 65.0 Å². The summed E-state index contributed by atoms with van der Waals surface area (Å²) >= 11 is 5.26. The van der Waals surface area contributed by atoms with Gasteiger partial charge in [-0.1, -0.05) is 43.7 Å². The fraction of sp³-hybridized carbons (Fsp3) is 0.318. The molecule has 0 aliphatic heterocycles. The van der Waals surface area contributed by atoms with E-state index in [9.17, 15) is 9.59 Å². The first-order chi connectivity index (χ1) is 13.7. The Labute approximate surface area is 177 Å². The lowest BCUT2D eigenvalue weighted by molar-refractivity contribution is -0.124. The molecule has 0 aromatic heterocycles. The highest BCUT2D eigenvalue weighted by atomic mass is 32.1. The van der Waals surface area contributed by atoms with Crippen LogP contribution in [-0.2, 0) is 4.79 Å². The van der Waals surface area contributed by atoms with Gasteiger partial charge in [-0.15, -0.1) is 0 Å². The lowest BCUT2D eigenvalue weighted by Crippen LogP contribution is -2.55. The Hall–Kier alpha value is -2.93. The standard InChI is InChI=1S/C22H28N4O2S/c1-13(2)19(24-20(27)17-11-9-14(3)10-12-17)21(28)25-26-22(29)23-18-8-6-7-15(4)16(18)5/h6-13,19H,1-5H3,(H,24,27)(H,25,28)(H2,23,26,29). The van der Waals surface area contributed by atoms with E-state index >= 15 is 0 Å². The molecule has 1 atom stereocenters. The van der Waals surface area contributed by atoms with Gasteiger partial charge in [0.15, 0.2) is 5.11 Å². The second kappa shape index (κ2) is 10.0. The molecule has 2 aromatic carbocycles. The van der Waals surface area contributed by atoms with Crippen LogP contribution in [0.15, 0.2) is 42.5 Å². The van der Waals surface area contributed by atoms with Crippen molar-refractivity contribution in [3.63, 3.8) is 0 Å². The molecule has 7 heteroatoms. The van der Waals surface area contributed by atoms with Gasteiger partial charge in [0.2, 0.25) is 0 Å². The van der Waals surface area contributed by atoms with Gasteiger partial charge in [-0.25, -0.2) is 0 Å². The van der Waals surface area contributed by atoms with Crippen molar-refractivity contribution >= 4 is 34.8 Å². The molecule has 0 saturated carbocycles. The Morgan fingerprint density at radius 1 is 0.931 bits per heavy atom. The summed E-state index contributed by atoms with van der Waals surface area (Å²) in [6, 6.07) is 12.3. The number of rotatable bonds is 5. The molecule has 2 aromatic rings. The average molecular weight is 413 g/mol. The van der Waals surface area contributed by atoms with Crippen LogP contribution in [-0.4, -0.2) is 23.0 Å². The largest absolute Gasteiger partial charge is 0.340 e. The second-order valence-electron chi connectivity index (χ2n) is 7.38. The maximum absolute atomic E-state index is 12.6. The van der Waals surface area contributed by atoms with Crippen LogP contribution >= 0.6 is 12.2 Å².